The summed E-state index contributed by atoms with van der Waals surface area (Å²) in [6.07, 6.45) is 1.64. The van der Waals surface area contributed by atoms with Crippen LogP contribution in [0.5, 0.6) is 0 Å². The van der Waals surface area contributed by atoms with Crippen molar-refractivity contribution in [1.29, 1.82) is 0 Å². The quantitative estimate of drug-likeness (QED) is 0.841. The van der Waals surface area contributed by atoms with Crippen molar-refractivity contribution < 1.29 is 4.79 Å². The summed E-state index contributed by atoms with van der Waals surface area (Å²) in [5, 5.41) is 4.30. The Kier molecular flexibility index (Phi) is 4.03. The molecule has 1 aliphatic carbocycles. The molecule has 1 aliphatic rings. The Morgan fingerprint density at radius 3 is 2.04 bits per heavy atom. The van der Waals surface area contributed by atoms with E-state index in [0.29, 0.717) is 5.56 Å². The van der Waals surface area contributed by atoms with Gasteiger partial charge in [0.05, 0.1) is 0 Å². The van der Waals surface area contributed by atoms with Gasteiger partial charge in [0, 0.05) is 24.1 Å². The van der Waals surface area contributed by atoms with Crippen molar-refractivity contribution in [3.63, 3.8) is 0 Å². The Labute approximate surface area is 137 Å². The Morgan fingerprint density at radius 1 is 0.957 bits per heavy atom. The Balaban J connectivity index is 1.65. The average molecular weight is 306 g/mol. The van der Waals surface area contributed by atoms with E-state index in [9.17, 15) is 4.79 Å². The van der Waals surface area contributed by atoms with Gasteiger partial charge in [-0.25, -0.2) is 5.43 Å². The molecule has 1 amide bonds. The first-order chi connectivity index (χ1) is 10.9. The smallest absolute Gasteiger partial charge is 0.267 e. The van der Waals surface area contributed by atoms with Gasteiger partial charge in [-0.1, -0.05) is 57.2 Å². The molecule has 2 aromatic rings. The molecule has 0 heterocycles. The first kappa shape index (κ1) is 15.5. The molecule has 1 N–H and O–H groups in total. The van der Waals surface area contributed by atoms with Crippen LogP contribution in [0.25, 0.3) is 0 Å². The van der Waals surface area contributed by atoms with Gasteiger partial charge in [-0.2, -0.15) is 5.10 Å². The third-order valence-electron chi connectivity index (χ3n) is 4.24. The number of hydrogen-bond acceptors (Lipinski definition) is 2. The number of nitrogens with one attached hydrogen (secondary N) is 1. The van der Waals surface area contributed by atoms with Gasteiger partial charge in [0.2, 0.25) is 0 Å². The zero-order chi connectivity index (χ0) is 16.4. The predicted molar refractivity (Wildman–Crippen MR) is 93.9 cm³/mol. The van der Waals surface area contributed by atoms with Crippen molar-refractivity contribution in [1.82, 2.24) is 5.43 Å². The maximum atomic E-state index is 12.2. The highest BCUT2D eigenvalue weighted by molar-refractivity contribution is 5.97. The van der Waals surface area contributed by atoms with Crippen LogP contribution in [0, 0.1) is 0 Å². The van der Waals surface area contributed by atoms with Crippen LogP contribution in [0.1, 0.15) is 47.8 Å². The molecule has 3 rings (SSSR count). The van der Waals surface area contributed by atoms with Gasteiger partial charge in [-0.3, -0.25) is 4.79 Å². The van der Waals surface area contributed by atoms with Gasteiger partial charge in [-0.15, -0.1) is 0 Å². The summed E-state index contributed by atoms with van der Waals surface area (Å²) in [5.41, 5.74) is 8.23. The highest BCUT2D eigenvalue weighted by atomic mass is 16.2. The van der Waals surface area contributed by atoms with Crippen LogP contribution < -0.4 is 5.43 Å². The molecule has 0 bridgehead atoms. The normalized spacial score (nSPS) is 13.6. The summed E-state index contributed by atoms with van der Waals surface area (Å²) in [6.45, 7) is 6.48. The number of hydrazone groups is 1. The van der Waals surface area contributed by atoms with Crippen LogP contribution in [0.2, 0.25) is 0 Å². The van der Waals surface area contributed by atoms with Gasteiger partial charge in [0.25, 0.3) is 5.91 Å². The molecule has 0 saturated carbocycles. The number of carbonyl (C=O) groups excluding carboxylic acids is 1. The number of nitrogens with zero attached hydrogens (tertiary/aromatic N) is 1. The van der Waals surface area contributed by atoms with Crippen molar-refractivity contribution >= 4 is 11.6 Å². The van der Waals surface area contributed by atoms with E-state index in [-0.39, 0.29) is 11.3 Å². The third-order valence-corrected chi connectivity index (χ3v) is 4.24. The zero-order valence-corrected chi connectivity index (χ0v) is 13.9. The molecule has 3 nitrogen and oxygen atoms in total. The minimum Gasteiger partial charge on any atom is -0.267 e. The summed E-state index contributed by atoms with van der Waals surface area (Å²) >= 11 is 0. The summed E-state index contributed by atoms with van der Waals surface area (Å²) in [6, 6.07) is 16.0. The van der Waals surface area contributed by atoms with Crippen LogP contribution >= 0.6 is 0 Å². The van der Waals surface area contributed by atoms with Crippen molar-refractivity contribution in [3.8, 4) is 0 Å². The summed E-state index contributed by atoms with van der Waals surface area (Å²) in [5.74, 6) is -0.158. The van der Waals surface area contributed by atoms with Crippen molar-refractivity contribution in [3.05, 3.63) is 70.8 Å². The minimum atomic E-state index is -0.158. The monoisotopic (exact) mass is 306 g/mol. The number of amides is 1. The Morgan fingerprint density at radius 2 is 1.52 bits per heavy atom. The predicted octanol–water partition coefficient (Wildman–Crippen LogP) is 3.87. The highest BCUT2D eigenvalue weighted by Gasteiger charge is 2.17. The molecule has 3 heteroatoms. The topological polar surface area (TPSA) is 41.5 Å². The molecule has 0 atom stereocenters. The molecular formula is C20H22N2O. The first-order valence-corrected chi connectivity index (χ1v) is 7.96. The standard InChI is InChI=1S/C20H22N2O/c1-20(2,3)17-10-8-14(9-11-17)19(23)22-21-18-12-15-6-4-5-7-16(15)13-18/h4-11H,12-13H2,1-3H3,(H,22,23). The van der Waals surface area contributed by atoms with E-state index in [4.69, 9.17) is 0 Å². The van der Waals surface area contributed by atoms with E-state index >= 15 is 0 Å². The van der Waals surface area contributed by atoms with E-state index in [1.807, 2.05) is 36.4 Å². The second kappa shape index (κ2) is 5.99. The van der Waals surface area contributed by atoms with Gasteiger partial charge in [0.15, 0.2) is 0 Å². The van der Waals surface area contributed by atoms with Crippen molar-refractivity contribution in [2.24, 2.45) is 5.10 Å². The lowest BCUT2D eigenvalue weighted by molar-refractivity contribution is 0.0954. The lowest BCUT2D eigenvalue weighted by Gasteiger charge is -2.18. The van der Waals surface area contributed by atoms with Crippen LogP contribution in [-0.4, -0.2) is 11.6 Å². The molecule has 0 aromatic heterocycles. The molecular weight excluding hydrogens is 284 g/mol. The number of carbonyl (C=O) groups is 1. The minimum absolute atomic E-state index is 0.0882. The lowest BCUT2D eigenvalue weighted by Crippen LogP contribution is -2.20. The largest absolute Gasteiger partial charge is 0.271 e. The number of rotatable bonds is 2. The maximum Gasteiger partial charge on any atom is 0.271 e. The van der Waals surface area contributed by atoms with Crippen LogP contribution in [0.3, 0.4) is 0 Å². The van der Waals surface area contributed by atoms with E-state index in [1.54, 1.807) is 0 Å². The molecule has 0 spiro atoms. The van der Waals surface area contributed by atoms with Crippen molar-refractivity contribution in [2.75, 3.05) is 0 Å². The van der Waals surface area contributed by atoms with E-state index in [2.05, 4.69) is 43.4 Å². The Hall–Kier alpha value is -2.42. The molecule has 0 aliphatic heterocycles. The summed E-state index contributed by atoms with van der Waals surface area (Å²) < 4.78 is 0. The van der Waals surface area contributed by atoms with Gasteiger partial charge in [-0.05, 0) is 34.2 Å². The Bertz CT molecular complexity index is 725. The van der Waals surface area contributed by atoms with E-state index < -0.39 is 0 Å². The van der Waals surface area contributed by atoms with E-state index in [0.717, 1.165) is 18.6 Å². The SMILES string of the molecule is CC(C)(C)c1ccc(C(=O)NN=C2Cc3ccccc3C2)cc1. The third kappa shape index (κ3) is 3.50. The average Bonchev–Trinajstić information content (AvgIpc) is 2.95. The van der Waals surface area contributed by atoms with Gasteiger partial charge in [0.1, 0.15) is 0 Å². The first-order valence-electron chi connectivity index (χ1n) is 7.96. The van der Waals surface area contributed by atoms with Gasteiger partial charge < -0.3 is 0 Å². The van der Waals surface area contributed by atoms with Crippen LogP contribution in [-0.2, 0) is 18.3 Å². The van der Waals surface area contributed by atoms with Crippen LogP contribution in [0.15, 0.2) is 53.6 Å². The molecule has 0 saturated heterocycles. The molecule has 0 fully saturated rings. The fourth-order valence-electron chi connectivity index (χ4n) is 2.80. The fraction of sp³-hybridized carbons (Fsp3) is 0.300. The molecule has 0 unspecified atom stereocenters. The maximum absolute atomic E-state index is 12.2. The summed E-state index contributed by atoms with van der Waals surface area (Å²) in [7, 11) is 0. The summed E-state index contributed by atoms with van der Waals surface area (Å²) in [4.78, 5) is 12.2. The second-order valence-corrected chi connectivity index (χ2v) is 7.07. The number of benzene rings is 2. The lowest BCUT2D eigenvalue weighted by atomic mass is 9.87. The van der Waals surface area contributed by atoms with Crippen LogP contribution in [0.4, 0.5) is 0 Å². The van der Waals surface area contributed by atoms with Gasteiger partial charge >= 0.3 is 0 Å². The van der Waals surface area contributed by atoms with Crippen molar-refractivity contribution in [2.45, 2.75) is 39.0 Å². The number of hydrogen-bond donors (Lipinski definition) is 1. The molecule has 2 aromatic carbocycles. The molecule has 118 valence electrons. The zero-order valence-electron chi connectivity index (χ0n) is 13.9. The molecule has 0 radical (unpaired) electrons. The fourth-order valence-corrected chi connectivity index (χ4v) is 2.80. The second-order valence-electron chi connectivity index (χ2n) is 7.07. The van der Waals surface area contributed by atoms with E-state index in [1.165, 1.54) is 16.7 Å². The highest BCUT2D eigenvalue weighted by Crippen LogP contribution is 2.22. The molecule has 23 heavy (non-hydrogen) atoms. The number of fused-ring (bicyclic) bond motifs is 1.